The molecule has 0 aliphatic heterocycles. The molecule has 2 N–H and O–H groups in total. The van der Waals surface area contributed by atoms with Crippen molar-refractivity contribution < 1.29 is 14.7 Å². The van der Waals surface area contributed by atoms with E-state index in [9.17, 15) is 14.7 Å². The summed E-state index contributed by atoms with van der Waals surface area (Å²) in [4.78, 5) is 32.9. The van der Waals surface area contributed by atoms with Gasteiger partial charge >= 0.3 is 5.97 Å². The average molecular weight is 469 g/mol. The molecule has 7 heteroatoms. The number of pyridine rings is 2. The van der Waals surface area contributed by atoms with Gasteiger partial charge in [-0.3, -0.25) is 19.6 Å². The molecule has 4 rings (SSSR count). The summed E-state index contributed by atoms with van der Waals surface area (Å²) in [6, 6.07) is 15.2. The van der Waals surface area contributed by atoms with Crippen molar-refractivity contribution in [2.45, 2.75) is 45.6 Å². The number of aromatic nitrogens is 3. The Balaban J connectivity index is 1.96. The van der Waals surface area contributed by atoms with Crippen LogP contribution in [0, 0.1) is 5.41 Å². The van der Waals surface area contributed by atoms with Crippen LogP contribution in [0.15, 0.2) is 67.1 Å². The molecule has 0 radical (unpaired) electrons. The minimum Gasteiger partial charge on any atom is -0.481 e. The van der Waals surface area contributed by atoms with Crippen LogP contribution in [-0.4, -0.2) is 37.1 Å². The molecule has 4 aromatic rings. The second-order valence-electron chi connectivity index (χ2n) is 8.76. The number of ketones is 1. The van der Waals surface area contributed by atoms with E-state index in [0.29, 0.717) is 11.1 Å². The summed E-state index contributed by atoms with van der Waals surface area (Å²) in [5.74, 6) is -1.63. The van der Waals surface area contributed by atoms with Crippen LogP contribution in [-0.2, 0) is 16.0 Å². The SMILES string of the molecule is CC[C@@H](c1ccccn1)n1cc(-c2cccc(CC(=O)O)c2)c2ncc(C(C(C)=N)C(C)=O)cc21. The number of benzene rings is 1. The van der Waals surface area contributed by atoms with E-state index in [2.05, 4.69) is 16.5 Å². The minimum absolute atomic E-state index is 0.0610. The molecule has 2 atom stereocenters. The van der Waals surface area contributed by atoms with Gasteiger partial charge in [-0.15, -0.1) is 0 Å². The Bertz CT molecular complexity index is 1390. The van der Waals surface area contributed by atoms with Gasteiger partial charge in [0.1, 0.15) is 5.78 Å². The van der Waals surface area contributed by atoms with Crippen molar-refractivity contribution >= 4 is 28.5 Å². The van der Waals surface area contributed by atoms with Crippen molar-refractivity contribution in [3.63, 3.8) is 0 Å². The maximum atomic E-state index is 12.3. The first kappa shape index (κ1) is 24.0. The molecule has 1 unspecified atom stereocenters. The van der Waals surface area contributed by atoms with E-state index in [1.807, 2.05) is 48.7 Å². The maximum Gasteiger partial charge on any atom is 0.307 e. The van der Waals surface area contributed by atoms with E-state index in [1.165, 1.54) is 6.92 Å². The number of carbonyl (C=O) groups excluding carboxylic acids is 1. The number of nitrogens with zero attached hydrogens (tertiary/aromatic N) is 3. The lowest BCUT2D eigenvalue weighted by Crippen LogP contribution is -2.17. The zero-order valence-electron chi connectivity index (χ0n) is 20.0. The smallest absolute Gasteiger partial charge is 0.307 e. The summed E-state index contributed by atoms with van der Waals surface area (Å²) in [6.45, 7) is 5.22. The lowest BCUT2D eigenvalue weighted by molar-refractivity contribution is -0.136. The maximum absolute atomic E-state index is 12.3. The molecule has 1 aromatic carbocycles. The third kappa shape index (κ3) is 4.89. The highest BCUT2D eigenvalue weighted by molar-refractivity contribution is 6.07. The van der Waals surface area contributed by atoms with E-state index < -0.39 is 11.9 Å². The Morgan fingerprint density at radius 3 is 2.51 bits per heavy atom. The van der Waals surface area contributed by atoms with E-state index in [-0.39, 0.29) is 24.0 Å². The van der Waals surface area contributed by atoms with Gasteiger partial charge in [0.25, 0.3) is 0 Å². The summed E-state index contributed by atoms with van der Waals surface area (Å²) in [5, 5.41) is 17.4. The fraction of sp³-hybridized carbons (Fsp3) is 0.250. The standard InChI is InChI=1S/C28H28N4O3/c1-4-24(23-10-5-6-11-30-23)32-16-22(20-9-7-8-19(12-20)13-26(34)35)28-25(32)14-21(15-31-28)27(17(2)29)18(3)33/h5-12,14-16,24,27,29H,4,13H2,1-3H3,(H,34,35)/t24-,27?/m0/s1. The molecular weight excluding hydrogens is 440 g/mol. The summed E-state index contributed by atoms with van der Waals surface area (Å²) >= 11 is 0. The van der Waals surface area contributed by atoms with Crippen LogP contribution in [0.25, 0.3) is 22.2 Å². The van der Waals surface area contributed by atoms with Gasteiger partial charge in [-0.1, -0.05) is 37.3 Å². The second kappa shape index (κ2) is 10.0. The number of fused-ring (bicyclic) bond motifs is 1. The summed E-state index contributed by atoms with van der Waals surface area (Å²) < 4.78 is 2.13. The first-order valence-corrected chi connectivity index (χ1v) is 11.6. The van der Waals surface area contributed by atoms with E-state index in [4.69, 9.17) is 10.4 Å². The van der Waals surface area contributed by atoms with Gasteiger partial charge in [0, 0.05) is 29.9 Å². The number of nitrogens with one attached hydrogen (secondary N) is 1. The van der Waals surface area contributed by atoms with Crippen LogP contribution >= 0.6 is 0 Å². The Morgan fingerprint density at radius 2 is 1.89 bits per heavy atom. The normalized spacial score (nSPS) is 12.9. The molecular formula is C28H28N4O3. The molecule has 3 aromatic heterocycles. The molecule has 35 heavy (non-hydrogen) atoms. The van der Waals surface area contributed by atoms with Gasteiger partial charge in [0.05, 0.1) is 35.1 Å². The van der Waals surface area contributed by atoms with Crippen LogP contribution in [0.1, 0.15) is 56.0 Å². The van der Waals surface area contributed by atoms with Crippen molar-refractivity contribution in [1.29, 1.82) is 5.41 Å². The highest BCUT2D eigenvalue weighted by Crippen LogP contribution is 2.36. The molecule has 0 saturated heterocycles. The summed E-state index contributed by atoms with van der Waals surface area (Å²) in [6.07, 6.45) is 6.19. The molecule has 0 amide bonds. The van der Waals surface area contributed by atoms with Crippen LogP contribution in [0.5, 0.6) is 0 Å². The Hall–Kier alpha value is -4.13. The van der Waals surface area contributed by atoms with Crippen LogP contribution < -0.4 is 0 Å². The van der Waals surface area contributed by atoms with Gasteiger partial charge in [0.2, 0.25) is 0 Å². The molecule has 0 saturated carbocycles. The topological polar surface area (TPSA) is 109 Å². The summed E-state index contributed by atoms with van der Waals surface area (Å²) in [7, 11) is 0. The number of rotatable bonds is 9. The van der Waals surface area contributed by atoms with E-state index in [0.717, 1.165) is 34.3 Å². The summed E-state index contributed by atoms with van der Waals surface area (Å²) in [5.41, 5.74) is 5.91. The van der Waals surface area contributed by atoms with Crippen LogP contribution in [0.3, 0.4) is 0 Å². The largest absolute Gasteiger partial charge is 0.481 e. The Labute approximate surface area is 204 Å². The Kier molecular flexibility index (Phi) is 6.87. The monoisotopic (exact) mass is 468 g/mol. The van der Waals surface area contributed by atoms with Crippen molar-refractivity contribution in [1.82, 2.24) is 14.5 Å². The molecule has 7 nitrogen and oxygen atoms in total. The number of aliphatic carboxylic acids is 1. The highest BCUT2D eigenvalue weighted by atomic mass is 16.4. The number of hydrogen-bond donors (Lipinski definition) is 2. The third-order valence-electron chi connectivity index (χ3n) is 6.21. The van der Waals surface area contributed by atoms with Gasteiger partial charge in [-0.25, -0.2) is 0 Å². The third-order valence-corrected chi connectivity index (χ3v) is 6.21. The molecule has 0 fully saturated rings. The van der Waals surface area contributed by atoms with E-state index >= 15 is 0 Å². The van der Waals surface area contributed by atoms with Gasteiger partial charge in [-0.2, -0.15) is 0 Å². The molecule has 0 bridgehead atoms. The van der Waals surface area contributed by atoms with Gasteiger partial charge in [-0.05, 0) is 55.2 Å². The molecule has 0 spiro atoms. The van der Waals surface area contributed by atoms with E-state index in [1.54, 1.807) is 25.4 Å². The first-order chi connectivity index (χ1) is 16.8. The fourth-order valence-electron chi connectivity index (χ4n) is 4.70. The molecule has 0 aliphatic carbocycles. The second-order valence-corrected chi connectivity index (χ2v) is 8.76. The molecule has 178 valence electrons. The van der Waals surface area contributed by atoms with Crippen molar-refractivity contribution in [3.05, 3.63) is 83.9 Å². The zero-order valence-corrected chi connectivity index (χ0v) is 20.0. The van der Waals surface area contributed by atoms with Crippen molar-refractivity contribution in [2.75, 3.05) is 0 Å². The predicted molar refractivity (Wildman–Crippen MR) is 136 cm³/mol. The van der Waals surface area contributed by atoms with Crippen molar-refractivity contribution in [3.8, 4) is 11.1 Å². The number of Topliss-reactive ketones (excluding diaryl/α,β-unsaturated/α-hetero) is 1. The lowest BCUT2D eigenvalue weighted by Gasteiger charge is -2.19. The fourth-order valence-corrected chi connectivity index (χ4v) is 4.70. The minimum atomic E-state index is -0.883. The number of carboxylic acids is 1. The average Bonchev–Trinajstić information content (AvgIpc) is 3.18. The number of hydrogen-bond acceptors (Lipinski definition) is 5. The number of carboxylic acid groups (broad SMARTS) is 1. The Morgan fingerprint density at radius 1 is 1.09 bits per heavy atom. The molecule has 0 aliphatic rings. The van der Waals surface area contributed by atoms with Crippen molar-refractivity contribution in [2.24, 2.45) is 0 Å². The highest BCUT2D eigenvalue weighted by Gasteiger charge is 2.24. The first-order valence-electron chi connectivity index (χ1n) is 11.6. The van der Waals surface area contributed by atoms with Gasteiger partial charge in [0.15, 0.2) is 0 Å². The molecule has 3 heterocycles. The predicted octanol–water partition coefficient (Wildman–Crippen LogP) is 5.44. The quantitative estimate of drug-likeness (QED) is 0.318. The van der Waals surface area contributed by atoms with Gasteiger partial charge < -0.3 is 15.1 Å². The van der Waals surface area contributed by atoms with Crippen LogP contribution in [0.4, 0.5) is 0 Å². The lowest BCUT2D eigenvalue weighted by atomic mass is 9.92. The van der Waals surface area contributed by atoms with Crippen LogP contribution in [0.2, 0.25) is 0 Å². The number of carbonyl (C=O) groups is 2. The zero-order chi connectivity index (χ0) is 25.1.